The Morgan fingerprint density at radius 2 is 1.90 bits per heavy atom. The largest absolute Gasteiger partial charge is 0.298 e. The summed E-state index contributed by atoms with van der Waals surface area (Å²) in [7, 11) is 0. The number of anilines is 1. The number of amides is 1. The Kier molecular flexibility index (Phi) is 3.43. The highest BCUT2D eigenvalue weighted by Crippen LogP contribution is 2.28. The summed E-state index contributed by atoms with van der Waals surface area (Å²) in [6.07, 6.45) is 0. The third kappa shape index (κ3) is 2.78. The third-order valence-corrected chi connectivity index (χ3v) is 4.14. The standard InChI is InChI=1S/C16H13FN2OS/c1-9-3-5-11(6-4-9)15(20)19-16-18-13-8-12(17)10(2)7-14(13)21-16/h3-8H,1-2H3,(H,18,19,20). The molecule has 3 nitrogen and oxygen atoms in total. The second kappa shape index (κ2) is 5.26. The molecule has 106 valence electrons. The molecule has 0 spiro atoms. The first-order chi connectivity index (χ1) is 10.0. The Hall–Kier alpha value is -2.27. The maximum atomic E-state index is 13.5. The molecule has 3 aromatic rings. The van der Waals surface area contributed by atoms with Gasteiger partial charge in [0.25, 0.3) is 5.91 Å². The van der Waals surface area contributed by atoms with Crippen LogP contribution in [0.25, 0.3) is 10.2 Å². The average Bonchev–Trinajstić information content (AvgIpc) is 2.81. The molecule has 0 unspecified atom stereocenters. The van der Waals surface area contributed by atoms with E-state index in [1.165, 1.54) is 17.4 Å². The number of carbonyl (C=O) groups excluding carboxylic acids is 1. The molecule has 21 heavy (non-hydrogen) atoms. The molecular formula is C16H13FN2OS. The van der Waals surface area contributed by atoms with E-state index in [4.69, 9.17) is 0 Å². The van der Waals surface area contributed by atoms with Gasteiger partial charge in [-0.2, -0.15) is 0 Å². The summed E-state index contributed by atoms with van der Waals surface area (Å²) in [5.74, 6) is -0.504. The lowest BCUT2D eigenvalue weighted by Gasteiger charge is -2.01. The maximum absolute atomic E-state index is 13.5. The number of aromatic nitrogens is 1. The zero-order valence-corrected chi connectivity index (χ0v) is 12.4. The van der Waals surface area contributed by atoms with Gasteiger partial charge in [-0.05, 0) is 37.6 Å². The van der Waals surface area contributed by atoms with Crippen LogP contribution >= 0.6 is 11.3 Å². The number of hydrogen-bond donors (Lipinski definition) is 1. The van der Waals surface area contributed by atoms with Gasteiger partial charge in [0.15, 0.2) is 5.13 Å². The number of rotatable bonds is 2. The van der Waals surface area contributed by atoms with E-state index in [1.807, 2.05) is 19.1 Å². The molecule has 0 aliphatic carbocycles. The van der Waals surface area contributed by atoms with Crippen molar-refractivity contribution < 1.29 is 9.18 Å². The van der Waals surface area contributed by atoms with Crippen molar-refractivity contribution in [2.45, 2.75) is 13.8 Å². The Balaban J connectivity index is 1.87. The molecule has 0 saturated carbocycles. The number of halogens is 1. The number of thiazole rings is 1. The Labute approximate surface area is 125 Å². The minimum absolute atomic E-state index is 0.216. The van der Waals surface area contributed by atoms with Gasteiger partial charge in [0.1, 0.15) is 5.82 Å². The molecule has 1 N–H and O–H groups in total. The average molecular weight is 300 g/mol. The van der Waals surface area contributed by atoms with E-state index in [9.17, 15) is 9.18 Å². The molecular weight excluding hydrogens is 287 g/mol. The van der Waals surface area contributed by atoms with Crippen molar-refractivity contribution in [1.82, 2.24) is 4.98 Å². The van der Waals surface area contributed by atoms with Crippen LogP contribution < -0.4 is 5.32 Å². The highest BCUT2D eigenvalue weighted by molar-refractivity contribution is 7.22. The Bertz CT molecular complexity index is 785. The molecule has 0 aliphatic heterocycles. The van der Waals surface area contributed by atoms with Crippen LogP contribution in [0.1, 0.15) is 21.5 Å². The highest BCUT2D eigenvalue weighted by atomic mass is 32.1. The van der Waals surface area contributed by atoms with Crippen molar-refractivity contribution in [3.05, 3.63) is 58.9 Å². The van der Waals surface area contributed by atoms with E-state index >= 15 is 0 Å². The van der Waals surface area contributed by atoms with Crippen LogP contribution in [0.5, 0.6) is 0 Å². The fourth-order valence-electron chi connectivity index (χ4n) is 1.98. The number of carbonyl (C=O) groups is 1. The fourth-order valence-corrected chi connectivity index (χ4v) is 2.92. The van der Waals surface area contributed by atoms with Crippen LogP contribution in [0.15, 0.2) is 36.4 Å². The normalized spacial score (nSPS) is 10.8. The van der Waals surface area contributed by atoms with Crippen LogP contribution in [0, 0.1) is 19.7 Å². The monoisotopic (exact) mass is 300 g/mol. The van der Waals surface area contributed by atoms with E-state index in [-0.39, 0.29) is 11.7 Å². The van der Waals surface area contributed by atoms with Crippen LogP contribution in [0.3, 0.4) is 0 Å². The predicted molar refractivity (Wildman–Crippen MR) is 83.4 cm³/mol. The number of nitrogens with zero attached hydrogens (tertiary/aromatic N) is 1. The van der Waals surface area contributed by atoms with E-state index in [2.05, 4.69) is 10.3 Å². The van der Waals surface area contributed by atoms with Crippen molar-refractivity contribution in [3.8, 4) is 0 Å². The topological polar surface area (TPSA) is 42.0 Å². The molecule has 0 fully saturated rings. The molecule has 0 saturated heterocycles. The molecule has 0 radical (unpaired) electrons. The number of aryl methyl sites for hydroxylation is 2. The van der Waals surface area contributed by atoms with Crippen molar-refractivity contribution >= 4 is 32.6 Å². The van der Waals surface area contributed by atoms with Gasteiger partial charge in [0, 0.05) is 11.6 Å². The molecule has 1 amide bonds. The van der Waals surface area contributed by atoms with Gasteiger partial charge in [0.2, 0.25) is 0 Å². The van der Waals surface area contributed by atoms with E-state index in [0.29, 0.717) is 21.8 Å². The van der Waals surface area contributed by atoms with Crippen LogP contribution in [-0.4, -0.2) is 10.9 Å². The van der Waals surface area contributed by atoms with Gasteiger partial charge in [-0.3, -0.25) is 10.1 Å². The summed E-state index contributed by atoms with van der Waals surface area (Å²) < 4.78 is 14.4. The van der Waals surface area contributed by atoms with Crippen LogP contribution in [-0.2, 0) is 0 Å². The number of fused-ring (bicyclic) bond motifs is 1. The summed E-state index contributed by atoms with van der Waals surface area (Å²) in [5.41, 5.74) is 2.80. The van der Waals surface area contributed by atoms with Gasteiger partial charge >= 0.3 is 0 Å². The summed E-state index contributed by atoms with van der Waals surface area (Å²) in [6.45, 7) is 3.67. The van der Waals surface area contributed by atoms with Gasteiger partial charge in [-0.25, -0.2) is 9.37 Å². The van der Waals surface area contributed by atoms with Crippen LogP contribution in [0.4, 0.5) is 9.52 Å². The molecule has 1 heterocycles. The Morgan fingerprint density at radius 3 is 2.62 bits per heavy atom. The van der Waals surface area contributed by atoms with Gasteiger partial charge in [-0.15, -0.1) is 0 Å². The SMILES string of the molecule is Cc1ccc(C(=O)Nc2nc3cc(F)c(C)cc3s2)cc1. The zero-order chi connectivity index (χ0) is 15.0. The number of benzene rings is 2. The van der Waals surface area contributed by atoms with Crippen LogP contribution in [0.2, 0.25) is 0 Å². The highest BCUT2D eigenvalue weighted by Gasteiger charge is 2.11. The summed E-state index contributed by atoms with van der Waals surface area (Å²) >= 11 is 1.34. The molecule has 3 rings (SSSR count). The maximum Gasteiger partial charge on any atom is 0.257 e. The van der Waals surface area contributed by atoms with Crippen molar-refractivity contribution in [1.29, 1.82) is 0 Å². The second-order valence-corrected chi connectivity index (χ2v) is 5.94. The van der Waals surface area contributed by atoms with Crippen molar-refractivity contribution in [2.75, 3.05) is 5.32 Å². The van der Waals surface area contributed by atoms with Crippen molar-refractivity contribution in [2.24, 2.45) is 0 Å². The molecule has 0 bridgehead atoms. The second-order valence-electron chi connectivity index (χ2n) is 4.91. The van der Waals surface area contributed by atoms with E-state index < -0.39 is 0 Å². The number of hydrogen-bond acceptors (Lipinski definition) is 3. The molecule has 0 aliphatic rings. The van der Waals surface area contributed by atoms with Gasteiger partial charge < -0.3 is 0 Å². The summed E-state index contributed by atoms with van der Waals surface area (Å²) in [5, 5.41) is 3.22. The lowest BCUT2D eigenvalue weighted by Crippen LogP contribution is -2.11. The number of nitrogens with one attached hydrogen (secondary N) is 1. The molecule has 5 heteroatoms. The molecule has 1 aromatic heterocycles. The first-order valence-electron chi connectivity index (χ1n) is 6.47. The molecule has 2 aromatic carbocycles. The van der Waals surface area contributed by atoms with E-state index in [0.717, 1.165) is 10.3 Å². The van der Waals surface area contributed by atoms with Gasteiger partial charge in [0.05, 0.1) is 10.2 Å². The third-order valence-electron chi connectivity index (χ3n) is 3.20. The first kappa shape index (κ1) is 13.7. The predicted octanol–water partition coefficient (Wildman–Crippen LogP) is 4.30. The zero-order valence-electron chi connectivity index (χ0n) is 11.6. The first-order valence-corrected chi connectivity index (χ1v) is 7.29. The quantitative estimate of drug-likeness (QED) is 0.766. The lowest BCUT2D eigenvalue weighted by molar-refractivity contribution is 0.102. The minimum Gasteiger partial charge on any atom is -0.298 e. The minimum atomic E-state index is -0.288. The molecule has 0 atom stereocenters. The fraction of sp³-hybridized carbons (Fsp3) is 0.125. The summed E-state index contributed by atoms with van der Waals surface area (Å²) in [6, 6.07) is 10.4. The van der Waals surface area contributed by atoms with Gasteiger partial charge in [-0.1, -0.05) is 29.0 Å². The smallest absolute Gasteiger partial charge is 0.257 e. The Morgan fingerprint density at radius 1 is 1.19 bits per heavy atom. The van der Waals surface area contributed by atoms with Crippen molar-refractivity contribution in [3.63, 3.8) is 0 Å². The lowest BCUT2D eigenvalue weighted by atomic mass is 10.1. The summed E-state index contributed by atoms with van der Waals surface area (Å²) in [4.78, 5) is 16.4. The van der Waals surface area contributed by atoms with E-state index in [1.54, 1.807) is 25.1 Å².